The second-order valence-electron chi connectivity index (χ2n) is 8.82. The van der Waals surface area contributed by atoms with E-state index in [4.69, 9.17) is 18.9 Å². The molecule has 0 unspecified atom stereocenters. The standard InChI is InChI=1S/C30H34N2O4/c1-21(2)23-8-11-24(12-9-23)31-14-13-25(10-7-22-15-27(33-3)19-28(16-22)34-4)32(31)26-17-29(35-5)20-30(18-26)36-6/h7-13,15-21H,14H2,1-6H3. The van der Waals surface area contributed by atoms with Gasteiger partial charge < -0.3 is 18.9 Å². The molecule has 1 heterocycles. The van der Waals surface area contributed by atoms with Gasteiger partial charge in [-0.2, -0.15) is 0 Å². The molecular weight excluding hydrogens is 452 g/mol. The normalized spacial score (nSPS) is 13.4. The van der Waals surface area contributed by atoms with Gasteiger partial charge in [-0.25, -0.2) is 0 Å². The maximum Gasteiger partial charge on any atom is 0.124 e. The van der Waals surface area contributed by atoms with Crippen molar-refractivity contribution in [2.45, 2.75) is 19.8 Å². The first-order chi connectivity index (χ1) is 17.4. The first-order valence-electron chi connectivity index (χ1n) is 12.0. The third-order valence-electron chi connectivity index (χ3n) is 6.22. The molecule has 0 spiro atoms. The van der Waals surface area contributed by atoms with Crippen LogP contribution in [0.2, 0.25) is 0 Å². The topological polar surface area (TPSA) is 43.4 Å². The summed E-state index contributed by atoms with van der Waals surface area (Å²) in [6, 6.07) is 20.5. The highest BCUT2D eigenvalue weighted by atomic mass is 16.5. The maximum absolute atomic E-state index is 5.57. The van der Waals surface area contributed by atoms with Gasteiger partial charge in [0.2, 0.25) is 0 Å². The van der Waals surface area contributed by atoms with E-state index in [1.165, 1.54) is 5.56 Å². The van der Waals surface area contributed by atoms with Crippen LogP contribution < -0.4 is 29.0 Å². The Morgan fingerprint density at radius 1 is 0.667 bits per heavy atom. The highest BCUT2D eigenvalue weighted by Crippen LogP contribution is 2.36. The average molecular weight is 487 g/mol. The third kappa shape index (κ3) is 5.43. The lowest BCUT2D eigenvalue weighted by atomic mass is 10.0. The molecule has 6 nitrogen and oxygen atoms in total. The van der Waals surface area contributed by atoms with E-state index in [-0.39, 0.29) is 0 Å². The molecule has 0 radical (unpaired) electrons. The van der Waals surface area contributed by atoms with Crippen molar-refractivity contribution in [1.29, 1.82) is 0 Å². The van der Waals surface area contributed by atoms with Gasteiger partial charge in [-0.15, -0.1) is 0 Å². The number of rotatable bonds is 9. The number of benzene rings is 3. The van der Waals surface area contributed by atoms with Gasteiger partial charge in [0.05, 0.1) is 52.1 Å². The van der Waals surface area contributed by atoms with Crippen molar-refractivity contribution in [2.75, 3.05) is 45.0 Å². The van der Waals surface area contributed by atoms with Crippen LogP contribution in [-0.2, 0) is 0 Å². The Kier molecular flexibility index (Phi) is 7.74. The fourth-order valence-electron chi connectivity index (χ4n) is 4.19. The van der Waals surface area contributed by atoms with E-state index < -0.39 is 0 Å². The molecule has 3 aromatic rings. The molecule has 0 N–H and O–H groups in total. The fraction of sp³-hybridized carbons (Fsp3) is 0.267. The Morgan fingerprint density at radius 3 is 1.69 bits per heavy atom. The number of hydrazine groups is 1. The zero-order chi connectivity index (χ0) is 25.7. The first kappa shape index (κ1) is 25.0. The lowest BCUT2D eigenvalue weighted by Gasteiger charge is -2.34. The first-order valence-corrected chi connectivity index (χ1v) is 12.0. The van der Waals surface area contributed by atoms with Gasteiger partial charge in [-0.05, 0) is 53.5 Å². The quantitative estimate of drug-likeness (QED) is 0.336. The minimum absolute atomic E-state index is 0.479. The Balaban J connectivity index is 1.74. The van der Waals surface area contributed by atoms with E-state index in [1.807, 2.05) is 36.4 Å². The minimum atomic E-state index is 0.479. The third-order valence-corrected chi connectivity index (χ3v) is 6.22. The summed E-state index contributed by atoms with van der Waals surface area (Å²) < 4.78 is 22.0. The molecule has 188 valence electrons. The van der Waals surface area contributed by atoms with Gasteiger partial charge in [0.1, 0.15) is 23.0 Å². The number of nitrogens with zero attached hydrogens (tertiary/aromatic N) is 2. The molecule has 0 bridgehead atoms. The number of anilines is 2. The molecule has 1 aliphatic heterocycles. The molecule has 0 amide bonds. The van der Waals surface area contributed by atoms with Crippen LogP contribution in [0.15, 0.2) is 78.5 Å². The molecule has 36 heavy (non-hydrogen) atoms. The van der Waals surface area contributed by atoms with Crippen LogP contribution in [-0.4, -0.2) is 35.0 Å². The second kappa shape index (κ2) is 11.1. The predicted molar refractivity (Wildman–Crippen MR) is 147 cm³/mol. The summed E-state index contributed by atoms with van der Waals surface area (Å²) in [6.45, 7) is 5.14. The summed E-state index contributed by atoms with van der Waals surface area (Å²) in [6.07, 6.45) is 6.37. The van der Waals surface area contributed by atoms with E-state index in [2.05, 4.69) is 66.4 Å². The monoisotopic (exact) mass is 486 g/mol. The SMILES string of the molecule is COc1cc(C=CC2=CCN(c3ccc(C(C)C)cc3)N2c2cc(OC)cc(OC)c2)cc(OC)c1. The van der Waals surface area contributed by atoms with Crippen molar-refractivity contribution in [1.82, 2.24) is 0 Å². The molecule has 0 aromatic heterocycles. The number of hydrogen-bond acceptors (Lipinski definition) is 6. The van der Waals surface area contributed by atoms with Crippen LogP contribution in [0.3, 0.4) is 0 Å². The number of methoxy groups -OCH3 is 4. The molecule has 4 rings (SSSR count). The van der Waals surface area contributed by atoms with Gasteiger partial charge in [0.15, 0.2) is 0 Å². The summed E-state index contributed by atoms with van der Waals surface area (Å²) in [5, 5.41) is 4.42. The molecule has 6 heteroatoms. The fourth-order valence-corrected chi connectivity index (χ4v) is 4.19. The summed E-state index contributed by atoms with van der Waals surface area (Å²) in [7, 11) is 6.64. The zero-order valence-corrected chi connectivity index (χ0v) is 21.8. The predicted octanol–water partition coefficient (Wildman–Crippen LogP) is 6.68. The maximum atomic E-state index is 5.57. The van der Waals surface area contributed by atoms with E-state index in [0.29, 0.717) is 5.92 Å². The van der Waals surface area contributed by atoms with Crippen LogP contribution in [0.25, 0.3) is 6.08 Å². The molecule has 0 aliphatic carbocycles. The van der Waals surface area contributed by atoms with E-state index in [0.717, 1.165) is 52.2 Å². The van der Waals surface area contributed by atoms with Crippen molar-refractivity contribution < 1.29 is 18.9 Å². The van der Waals surface area contributed by atoms with Crippen molar-refractivity contribution in [3.05, 3.63) is 89.6 Å². The second-order valence-corrected chi connectivity index (χ2v) is 8.82. The van der Waals surface area contributed by atoms with Crippen molar-refractivity contribution in [3.8, 4) is 23.0 Å². The lowest BCUT2D eigenvalue weighted by molar-refractivity contribution is 0.394. The Bertz CT molecular complexity index is 1200. The molecule has 0 saturated carbocycles. The van der Waals surface area contributed by atoms with Gasteiger partial charge in [0, 0.05) is 24.3 Å². The molecule has 0 saturated heterocycles. The minimum Gasteiger partial charge on any atom is -0.497 e. The Morgan fingerprint density at radius 2 is 1.19 bits per heavy atom. The highest BCUT2D eigenvalue weighted by Gasteiger charge is 2.26. The van der Waals surface area contributed by atoms with E-state index in [1.54, 1.807) is 28.4 Å². The van der Waals surface area contributed by atoms with Crippen LogP contribution in [0.5, 0.6) is 23.0 Å². The van der Waals surface area contributed by atoms with Crippen molar-refractivity contribution in [2.24, 2.45) is 0 Å². The smallest absolute Gasteiger partial charge is 0.124 e. The van der Waals surface area contributed by atoms with Crippen molar-refractivity contribution in [3.63, 3.8) is 0 Å². The summed E-state index contributed by atoms with van der Waals surface area (Å²) in [4.78, 5) is 0. The average Bonchev–Trinajstić information content (AvgIpc) is 3.35. The number of hydrogen-bond donors (Lipinski definition) is 0. The Hall–Kier alpha value is -4.06. The Labute approximate surface area is 213 Å². The van der Waals surface area contributed by atoms with Gasteiger partial charge in [0.25, 0.3) is 0 Å². The van der Waals surface area contributed by atoms with Crippen LogP contribution in [0.1, 0.15) is 30.9 Å². The number of ether oxygens (including phenoxy) is 4. The summed E-state index contributed by atoms with van der Waals surface area (Å²) in [5.41, 5.74) is 5.36. The van der Waals surface area contributed by atoms with Gasteiger partial charge in [-0.3, -0.25) is 10.0 Å². The highest BCUT2D eigenvalue weighted by molar-refractivity contribution is 5.71. The molecule has 0 atom stereocenters. The van der Waals surface area contributed by atoms with Crippen LogP contribution in [0.4, 0.5) is 11.4 Å². The number of allylic oxidation sites excluding steroid dienone is 1. The summed E-state index contributed by atoms with van der Waals surface area (Å²) in [5.74, 6) is 3.43. The van der Waals surface area contributed by atoms with Crippen molar-refractivity contribution >= 4 is 17.5 Å². The van der Waals surface area contributed by atoms with Gasteiger partial charge in [-0.1, -0.05) is 32.1 Å². The van der Waals surface area contributed by atoms with E-state index >= 15 is 0 Å². The zero-order valence-electron chi connectivity index (χ0n) is 21.8. The van der Waals surface area contributed by atoms with E-state index in [9.17, 15) is 0 Å². The van der Waals surface area contributed by atoms with Crippen LogP contribution in [0, 0.1) is 0 Å². The van der Waals surface area contributed by atoms with Crippen LogP contribution >= 0.6 is 0 Å². The largest absolute Gasteiger partial charge is 0.497 e. The lowest BCUT2D eigenvalue weighted by Crippen LogP contribution is -2.37. The molecule has 0 fully saturated rings. The molecule has 1 aliphatic rings. The summed E-state index contributed by atoms with van der Waals surface area (Å²) >= 11 is 0. The molecular formula is C30H34N2O4. The molecule has 3 aromatic carbocycles. The van der Waals surface area contributed by atoms with Gasteiger partial charge >= 0.3 is 0 Å².